The molecular formula is C20H23ClN2O5S. The summed E-state index contributed by atoms with van der Waals surface area (Å²) in [5.41, 5.74) is 1.32. The number of carbonyl (C=O) groups excluding carboxylic acids is 1. The number of amides is 1. The number of morpholine rings is 1. The molecule has 0 unspecified atom stereocenters. The number of benzene rings is 2. The molecule has 156 valence electrons. The molecule has 29 heavy (non-hydrogen) atoms. The maximum atomic E-state index is 12.7. The smallest absolute Gasteiger partial charge is 0.262 e. The largest absolute Gasteiger partial charge is 0.484 e. The Hall–Kier alpha value is -2.13. The molecule has 1 fully saturated rings. The van der Waals surface area contributed by atoms with E-state index in [1.165, 1.54) is 16.4 Å². The van der Waals surface area contributed by atoms with Gasteiger partial charge in [0.05, 0.1) is 18.1 Å². The Morgan fingerprint density at radius 3 is 2.69 bits per heavy atom. The number of nitrogens with zero attached hydrogens (tertiary/aromatic N) is 1. The summed E-state index contributed by atoms with van der Waals surface area (Å²) in [6.07, 6.45) is 0.757. The Morgan fingerprint density at radius 2 is 1.97 bits per heavy atom. The van der Waals surface area contributed by atoms with E-state index in [2.05, 4.69) is 5.32 Å². The number of anilines is 1. The first-order valence-electron chi connectivity index (χ1n) is 9.29. The molecule has 2 aromatic carbocycles. The highest BCUT2D eigenvalue weighted by Crippen LogP contribution is 2.23. The molecule has 3 rings (SSSR count). The van der Waals surface area contributed by atoms with Gasteiger partial charge in [-0.25, -0.2) is 8.42 Å². The average molecular weight is 439 g/mol. The minimum absolute atomic E-state index is 0.128. The van der Waals surface area contributed by atoms with Crippen molar-refractivity contribution >= 4 is 33.2 Å². The van der Waals surface area contributed by atoms with E-state index in [4.69, 9.17) is 21.1 Å². The highest BCUT2D eigenvalue weighted by atomic mass is 35.5. The van der Waals surface area contributed by atoms with E-state index >= 15 is 0 Å². The zero-order valence-corrected chi connectivity index (χ0v) is 17.6. The summed E-state index contributed by atoms with van der Waals surface area (Å²) < 4.78 is 37.6. The molecule has 0 atom stereocenters. The molecule has 1 aliphatic heterocycles. The van der Waals surface area contributed by atoms with Gasteiger partial charge in [-0.2, -0.15) is 4.31 Å². The van der Waals surface area contributed by atoms with Gasteiger partial charge in [-0.3, -0.25) is 4.79 Å². The van der Waals surface area contributed by atoms with E-state index in [9.17, 15) is 13.2 Å². The van der Waals surface area contributed by atoms with Crippen LogP contribution in [0.3, 0.4) is 0 Å². The molecule has 2 aromatic rings. The number of ether oxygens (including phenoxy) is 2. The minimum atomic E-state index is -3.63. The van der Waals surface area contributed by atoms with Crippen molar-refractivity contribution in [2.24, 2.45) is 0 Å². The van der Waals surface area contributed by atoms with Crippen LogP contribution < -0.4 is 10.1 Å². The van der Waals surface area contributed by atoms with E-state index in [1.807, 2.05) is 6.92 Å². The van der Waals surface area contributed by atoms with Crippen LogP contribution in [-0.2, 0) is 26.0 Å². The monoisotopic (exact) mass is 438 g/mol. The fourth-order valence-corrected chi connectivity index (χ4v) is 4.63. The second-order valence-electron chi connectivity index (χ2n) is 6.49. The minimum Gasteiger partial charge on any atom is -0.484 e. The molecule has 0 aromatic heterocycles. The predicted octanol–water partition coefficient (Wildman–Crippen LogP) is 2.94. The van der Waals surface area contributed by atoms with Gasteiger partial charge < -0.3 is 14.8 Å². The fourth-order valence-electron chi connectivity index (χ4n) is 2.93. The number of aryl methyl sites for hydroxylation is 1. The third kappa shape index (κ3) is 5.48. The van der Waals surface area contributed by atoms with Crippen molar-refractivity contribution in [3.63, 3.8) is 0 Å². The number of halogens is 1. The number of sulfonamides is 1. The van der Waals surface area contributed by atoms with E-state index in [-0.39, 0.29) is 17.4 Å². The lowest BCUT2D eigenvalue weighted by molar-refractivity contribution is -0.118. The number of hydrogen-bond acceptors (Lipinski definition) is 5. The molecule has 9 heteroatoms. The summed E-state index contributed by atoms with van der Waals surface area (Å²) in [5, 5.41) is 3.33. The van der Waals surface area contributed by atoms with E-state index in [0.717, 1.165) is 12.0 Å². The third-order valence-electron chi connectivity index (χ3n) is 4.49. The number of hydrogen-bond donors (Lipinski definition) is 1. The van der Waals surface area contributed by atoms with Gasteiger partial charge in [0.2, 0.25) is 10.0 Å². The van der Waals surface area contributed by atoms with Crippen LogP contribution in [0.15, 0.2) is 47.4 Å². The molecule has 7 nitrogen and oxygen atoms in total. The molecule has 0 saturated carbocycles. The SMILES string of the molecule is CCc1cc(OCC(=O)Nc2cccc(S(=O)(=O)N3CCOCC3)c2)ccc1Cl. The molecule has 1 aliphatic rings. The van der Waals surface area contributed by atoms with Gasteiger partial charge >= 0.3 is 0 Å². The summed E-state index contributed by atoms with van der Waals surface area (Å²) in [6.45, 7) is 3.15. The highest BCUT2D eigenvalue weighted by molar-refractivity contribution is 7.89. The van der Waals surface area contributed by atoms with Crippen LogP contribution in [0.1, 0.15) is 12.5 Å². The van der Waals surface area contributed by atoms with Gasteiger partial charge in [-0.15, -0.1) is 0 Å². The topological polar surface area (TPSA) is 84.9 Å². The first-order chi connectivity index (χ1) is 13.9. The molecule has 1 heterocycles. The van der Waals surface area contributed by atoms with Crippen molar-refractivity contribution in [2.45, 2.75) is 18.2 Å². The van der Waals surface area contributed by atoms with Crippen molar-refractivity contribution in [1.82, 2.24) is 4.31 Å². The van der Waals surface area contributed by atoms with Crippen molar-refractivity contribution in [1.29, 1.82) is 0 Å². The maximum absolute atomic E-state index is 12.7. The van der Waals surface area contributed by atoms with Crippen LogP contribution in [0.25, 0.3) is 0 Å². The quantitative estimate of drug-likeness (QED) is 0.718. The van der Waals surface area contributed by atoms with Gasteiger partial charge in [-0.05, 0) is 48.4 Å². The standard InChI is InChI=1S/C20H23ClN2O5S/c1-2-15-12-17(6-7-19(15)21)28-14-20(24)22-16-4-3-5-18(13-16)29(25,26)23-8-10-27-11-9-23/h3-7,12-13H,2,8-11,14H2,1H3,(H,22,24). The first kappa shape index (κ1) is 21.6. The van der Waals surface area contributed by atoms with E-state index in [1.54, 1.807) is 30.3 Å². The van der Waals surface area contributed by atoms with Gasteiger partial charge in [0.25, 0.3) is 5.91 Å². The summed E-state index contributed by atoms with van der Waals surface area (Å²) in [5.74, 6) is 0.156. The van der Waals surface area contributed by atoms with Crippen LogP contribution in [0.5, 0.6) is 5.75 Å². The Kier molecular flexibility index (Phi) is 7.13. The molecule has 1 amide bonds. The van der Waals surface area contributed by atoms with Crippen LogP contribution in [0.2, 0.25) is 5.02 Å². The maximum Gasteiger partial charge on any atom is 0.262 e. The predicted molar refractivity (Wildman–Crippen MR) is 111 cm³/mol. The molecule has 0 radical (unpaired) electrons. The second-order valence-corrected chi connectivity index (χ2v) is 8.83. The normalized spacial score (nSPS) is 15.1. The zero-order chi connectivity index (χ0) is 20.9. The van der Waals surface area contributed by atoms with Gasteiger partial charge in [0.1, 0.15) is 5.75 Å². The van der Waals surface area contributed by atoms with Crippen molar-refractivity contribution in [3.05, 3.63) is 53.1 Å². The van der Waals surface area contributed by atoms with Crippen molar-refractivity contribution < 1.29 is 22.7 Å². The van der Waals surface area contributed by atoms with Crippen LogP contribution in [0, 0.1) is 0 Å². The first-order valence-corrected chi connectivity index (χ1v) is 11.1. The van der Waals surface area contributed by atoms with Crippen LogP contribution in [0.4, 0.5) is 5.69 Å². The molecule has 1 saturated heterocycles. The Bertz CT molecular complexity index is 975. The fraction of sp³-hybridized carbons (Fsp3) is 0.350. The van der Waals surface area contributed by atoms with Crippen molar-refractivity contribution in [2.75, 3.05) is 38.2 Å². The highest BCUT2D eigenvalue weighted by Gasteiger charge is 2.26. The Labute approximate surface area is 175 Å². The lowest BCUT2D eigenvalue weighted by Crippen LogP contribution is -2.40. The van der Waals surface area contributed by atoms with E-state index in [0.29, 0.717) is 42.8 Å². The summed E-state index contributed by atoms with van der Waals surface area (Å²) in [7, 11) is -3.63. The van der Waals surface area contributed by atoms with E-state index < -0.39 is 10.0 Å². The zero-order valence-electron chi connectivity index (χ0n) is 16.1. The van der Waals surface area contributed by atoms with Gasteiger partial charge in [0, 0.05) is 23.8 Å². The third-order valence-corrected chi connectivity index (χ3v) is 6.76. The van der Waals surface area contributed by atoms with Crippen molar-refractivity contribution in [3.8, 4) is 5.75 Å². The number of carbonyl (C=O) groups is 1. The lowest BCUT2D eigenvalue weighted by atomic mass is 10.1. The Balaban J connectivity index is 1.63. The summed E-state index contributed by atoms with van der Waals surface area (Å²) in [4.78, 5) is 12.4. The Morgan fingerprint density at radius 1 is 1.21 bits per heavy atom. The summed E-state index contributed by atoms with van der Waals surface area (Å²) >= 11 is 6.08. The van der Waals surface area contributed by atoms with Crippen LogP contribution >= 0.6 is 11.6 Å². The van der Waals surface area contributed by atoms with Crippen LogP contribution in [-0.4, -0.2) is 51.5 Å². The summed E-state index contributed by atoms with van der Waals surface area (Å²) in [6, 6.07) is 11.4. The molecule has 0 spiro atoms. The lowest BCUT2D eigenvalue weighted by Gasteiger charge is -2.26. The average Bonchev–Trinajstić information content (AvgIpc) is 2.74. The molecular weight excluding hydrogens is 416 g/mol. The molecule has 0 bridgehead atoms. The van der Waals surface area contributed by atoms with Gasteiger partial charge in [-0.1, -0.05) is 24.6 Å². The second kappa shape index (κ2) is 9.58. The molecule has 1 N–H and O–H groups in total. The van der Waals surface area contributed by atoms with Gasteiger partial charge in [0.15, 0.2) is 6.61 Å². The molecule has 0 aliphatic carbocycles. The number of nitrogens with one attached hydrogen (secondary N) is 1. The number of rotatable bonds is 7.